The topological polar surface area (TPSA) is 91.3 Å². The molecular formula is C23H32O7. The van der Waals surface area contributed by atoms with E-state index in [1.165, 1.54) is 13.2 Å². The highest BCUT2D eigenvalue weighted by atomic mass is 16.7. The number of esters is 2. The van der Waals surface area contributed by atoms with Crippen molar-refractivity contribution in [3.63, 3.8) is 0 Å². The molecule has 0 spiro atoms. The zero-order valence-electron chi connectivity index (χ0n) is 18.0. The molecule has 30 heavy (non-hydrogen) atoms. The molecule has 3 saturated carbocycles. The maximum atomic E-state index is 13.1. The lowest BCUT2D eigenvalue weighted by molar-refractivity contribution is -0.341. The number of rotatable bonds is 3. The number of carbonyl (C=O) groups excluding carboxylic acids is 2. The lowest BCUT2D eigenvalue weighted by Crippen LogP contribution is -2.69. The van der Waals surface area contributed by atoms with Crippen LogP contribution >= 0.6 is 0 Å². The number of aliphatic hydroxyl groups is 1. The summed E-state index contributed by atoms with van der Waals surface area (Å²) in [5.41, 5.74) is -0.378. The van der Waals surface area contributed by atoms with Crippen LogP contribution in [0.2, 0.25) is 0 Å². The lowest BCUT2D eigenvalue weighted by Gasteiger charge is -2.67. The van der Waals surface area contributed by atoms with Gasteiger partial charge >= 0.3 is 11.9 Å². The van der Waals surface area contributed by atoms with E-state index in [0.29, 0.717) is 25.2 Å². The number of methoxy groups -OCH3 is 1. The van der Waals surface area contributed by atoms with Crippen molar-refractivity contribution in [2.45, 2.75) is 64.4 Å². The first kappa shape index (κ1) is 20.5. The average molecular weight is 421 g/mol. The van der Waals surface area contributed by atoms with Crippen molar-refractivity contribution in [2.75, 3.05) is 20.3 Å². The van der Waals surface area contributed by atoms with Crippen LogP contribution < -0.4 is 0 Å². The lowest BCUT2D eigenvalue weighted by atomic mass is 9.40. The summed E-state index contributed by atoms with van der Waals surface area (Å²) < 4.78 is 23.2. The van der Waals surface area contributed by atoms with E-state index in [-0.39, 0.29) is 29.6 Å². The standard InChI is InChI=1S/C23H32O7/c1-4-28-20-22-9-5-8-21(12-29-20,19(25)27-3)17(22)7-6-14-13(2)15-10-18(24)30-23(15,26)11-16(14)22/h10,13-14,16-17,20,26H,4-9,11-12H2,1-3H3/t13-,14+,16+,17+,20-,21+,22+,23-/m1/s1. The minimum atomic E-state index is -1.56. The maximum Gasteiger partial charge on any atom is 0.333 e. The Morgan fingerprint density at radius 3 is 2.87 bits per heavy atom. The highest BCUT2D eigenvalue weighted by molar-refractivity contribution is 5.86. The van der Waals surface area contributed by atoms with Crippen LogP contribution in [0.1, 0.15) is 52.4 Å². The zero-order chi connectivity index (χ0) is 21.3. The molecule has 166 valence electrons. The molecule has 4 fully saturated rings. The molecule has 0 aromatic rings. The maximum absolute atomic E-state index is 13.1. The van der Waals surface area contributed by atoms with Crippen molar-refractivity contribution in [3.8, 4) is 0 Å². The summed E-state index contributed by atoms with van der Waals surface area (Å²) in [5.74, 6) is -1.83. The fraction of sp³-hybridized carbons (Fsp3) is 0.826. The van der Waals surface area contributed by atoms with Crippen LogP contribution in [-0.4, -0.2) is 49.4 Å². The van der Waals surface area contributed by atoms with Crippen molar-refractivity contribution in [1.82, 2.24) is 0 Å². The predicted molar refractivity (Wildman–Crippen MR) is 105 cm³/mol. The molecule has 2 aliphatic heterocycles. The van der Waals surface area contributed by atoms with Crippen LogP contribution in [-0.2, 0) is 28.5 Å². The summed E-state index contributed by atoms with van der Waals surface area (Å²) >= 11 is 0. The summed E-state index contributed by atoms with van der Waals surface area (Å²) in [7, 11) is 1.45. The van der Waals surface area contributed by atoms with Crippen LogP contribution in [0.5, 0.6) is 0 Å². The third-order valence-corrected chi connectivity index (χ3v) is 9.01. The molecular weight excluding hydrogens is 388 g/mol. The van der Waals surface area contributed by atoms with Gasteiger partial charge in [-0.1, -0.05) is 13.3 Å². The van der Waals surface area contributed by atoms with E-state index in [4.69, 9.17) is 18.9 Å². The van der Waals surface area contributed by atoms with E-state index in [1.807, 2.05) is 6.92 Å². The normalized spacial score (nSPS) is 49.3. The van der Waals surface area contributed by atoms with Crippen molar-refractivity contribution in [2.24, 2.45) is 34.5 Å². The van der Waals surface area contributed by atoms with Gasteiger partial charge in [0.15, 0.2) is 6.29 Å². The van der Waals surface area contributed by atoms with Gasteiger partial charge in [-0.15, -0.1) is 0 Å². The van der Waals surface area contributed by atoms with Crippen LogP contribution in [0.4, 0.5) is 0 Å². The number of hydrogen-bond donors (Lipinski definition) is 1. The molecule has 8 atom stereocenters. The first-order valence-corrected chi connectivity index (χ1v) is 11.3. The van der Waals surface area contributed by atoms with Gasteiger partial charge in [-0.3, -0.25) is 4.79 Å². The van der Waals surface area contributed by atoms with Gasteiger partial charge in [0.25, 0.3) is 0 Å². The Hall–Kier alpha value is -1.44. The number of hydrogen-bond acceptors (Lipinski definition) is 7. The first-order chi connectivity index (χ1) is 14.3. The Kier molecular flexibility index (Phi) is 4.62. The van der Waals surface area contributed by atoms with Crippen LogP contribution in [0.15, 0.2) is 11.6 Å². The molecule has 0 aromatic carbocycles. The second-order valence-electron chi connectivity index (χ2n) is 9.91. The number of ether oxygens (including phenoxy) is 4. The molecule has 1 saturated heterocycles. The van der Waals surface area contributed by atoms with Gasteiger partial charge < -0.3 is 24.1 Å². The van der Waals surface area contributed by atoms with Gasteiger partial charge in [0.2, 0.25) is 5.79 Å². The minimum Gasteiger partial charge on any atom is -0.469 e. The molecule has 7 nitrogen and oxygen atoms in total. The molecule has 0 amide bonds. The van der Waals surface area contributed by atoms with E-state index in [9.17, 15) is 14.7 Å². The Labute approximate surface area is 177 Å². The molecule has 5 aliphatic rings. The van der Waals surface area contributed by atoms with E-state index in [2.05, 4.69) is 6.92 Å². The largest absolute Gasteiger partial charge is 0.469 e. The van der Waals surface area contributed by atoms with Gasteiger partial charge in [-0.05, 0) is 56.3 Å². The summed E-state index contributed by atoms with van der Waals surface area (Å²) in [5, 5.41) is 11.3. The smallest absolute Gasteiger partial charge is 0.333 e. The molecule has 5 rings (SSSR count). The van der Waals surface area contributed by atoms with E-state index < -0.39 is 28.9 Å². The minimum absolute atomic E-state index is 0.0224. The van der Waals surface area contributed by atoms with Crippen molar-refractivity contribution < 1.29 is 33.6 Å². The second kappa shape index (κ2) is 6.78. The van der Waals surface area contributed by atoms with E-state index in [0.717, 1.165) is 32.1 Å². The van der Waals surface area contributed by atoms with Gasteiger partial charge in [0, 0.05) is 30.1 Å². The molecule has 2 bridgehead atoms. The summed E-state index contributed by atoms with van der Waals surface area (Å²) in [6.45, 7) is 4.87. The Morgan fingerprint density at radius 2 is 2.13 bits per heavy atom. The monoisotopic (exact) mass is 420 g/mol. The summed E-state index contributed by atoms with van der Waals surface area (Å²) in [6, 6.07) is 0. The summed E-state index contributed by atoms with van der Waals surface area (Å²) in [6.07, 6.45) is 5.72. The highest BCUT2D eigenvalue weighted by Crippen LogP contribution is 2.70. The first-order valence-electron chi connectivity index (χ1n) is 11.3. The molecule has 0 radical (unpaired) electrons. The second-order valence-corrected chi connectivity index (χ2v) is 9.91. The highest BCUT2D eigenvalue weighted by Gasteiger charge is 2.72. The summed E-state index contributed by atoms with van der Waals surface area (Å²) in [4.78, 5) is 25.1. The fourth-order valence-corrected chi connectivity index (χ4v) is 8.00. The van der Waals surface area contributed by atoms with Gasteiger partial charge in [-0.25, -0.2) is 4.79 Å². The SMILES string of the molecule is CCO[C@@H]1OC[C@@]2(C(=O)OC)CCC[C@@]13[C@H]1C[C@@]4(O)OC(=O)C=C4[C@H](C)[C@@H]1CC[C@@H]23. The molecule has 1 N–H and O–H groups in total. The number of carbonyl (C=O) groups is 2. The van der Waals surface area contributed by atoms with E-state index in [1.54, 1.807) is 0 Å². The molecule has 3 aliphatic carbocycles. The molecule has 0 unspecified atom stereocenters. The van der Waals surface area contributed by atoms with Crippen molar-refractivity contribution in [3.05, 3.63) is 11.6 Å². The fourth-order valence-electron chi connectivity index (χ4n) is 8.00. The molecule has 7 heteroatoms. The zero-order valence-corrected chi connectivity index (χ0v) is 18.0. The van der Waals surface area contributed by atoms with Crippen LogP contribution in [0.3, 0.4) is 0 Å². The molecule has 2 heterocycles. The number of fused-ring (bicyclic) bond motifs is 2. The van der Waals surface area contributed by atoms with Gasteiger partial charge in [0.1, 0.15) is 0 Å². The van der Waals surface area contributed by atoms with Crippen LogP contribution in [0.25, 0.3) is 0 Å². The Morgan fingerprint density at radius 1 is 1.33 bits per heavy atom. The molecule has 0 aromatic heterocycles. The third kappa shape index (κ3) is 2.43. The van der Waals surface area contributed by atoms with Gasteiger partial charge in [-0.2, -0.15) is 0 Å². The van der Waals surface area contributed by atoms with Crippen LogP contribution in [0, 0.1) is 34.5 Å². The Bertz CT molecular complexity index is 792. The quantitative estimate of drug-likeness (QED) is 0.702. The van der Waals surface area contributed by atoms with Crippen molar-refractivity contribution in [1.29, 1.82) is 0 Å². The average Bonchev–Trinajstić information content (AvgIpc) is 3.03. The van der Waals surface area contributed by atoms with Gasteiger partial charge in [0.05, 0.1) is 19.1 Å². The van der Waals surface area contributed by atoms with Crippen molar-refractivity contribution >= 4 is 11.9 Å². The third-order valence-electron chi connectivity index (χ3n) is 9.01. The Balaban J connectivity index is 1.63. The predicted octanol–water partition coefficient (Wildman–Crippen LogP) is 2.56. The van der Waals surface area contributed by atoms with E-state index >= 15 is 0 Å².